The summed E-state index contributed by atoms with van der Waals surface area (Å²) in [6, 6.07) is 33.3. The number of hydrogen-bond donors (Lipinski definition) is 1. The molecule has 0 unspecified atom stereocenters. The summed E-state index contributed by atoms with van der Waals surface area (Å²) in [5, 5.41) is 3.01. The molecular weight excluding hydrogens is 558 g/mol. The molecule has 0 spiro atoms. The first-order valence-electron chi connectivity index (χ1n) is 14.6. The second kappa shape index (κ2) is 15.2. The SMILES string of the molecule is CCCCNC(=O)[C@H](Cc1ccccc1)N(Cc1ccccc1)C(=O)CN(c1ccccc1C)S(=O)(=O)c1ccccc1. The maximum atomic E-state index is 14.4. The van der Waals surface area contributed by atoms with Crippen LogP contribution in [0.4, 0.5) is 5.69 Å². The fraction of sp³-hybridized carbons (Fsp3) is 0.257. The first-order valence-corrected chi connectivity index (χ1v) is 16.0. The van der Waals surface area contributed by atoms with E-state index < -0.39 is 28.5 Å². The van der Waals surface area contributed by atoms with Gasteiger partial charge in [-0.1, -0.05) is 110 Å². The molecule has 0 heterocycles. The number of nitrogens with one attached hydrogen (secondary N) is 1. The Morgan fingerprint density at radius 3 is 1.93 bits per heavy atom. The molecule has 1 N–H and O–H groups in total. The van der Waals surface area contributed by atoms with E-state index in [4.69, 9.17) is 0 Å². The van der Waals surface area contributed by atoms with Gasteiger partial charge in [0.15, 0.2) is 0 Å². The number of rotatable bonds is 14. The zero-order valence-electron chi connectivity index (χ0n) is 24.7. The molecule has 0 bridgehead atoms. The summed E-state index contributed by atoms with van der Waals surface area (Å²) in [5.74, 6) is -0.742. The van der Waals surface area contributed by atoms with E-state index in [2.05, 4.69) is 5.32 Å². The average molecular weight is 598 g/mol. The molecule has 224 valence electrons. The number of aryl methyl sites for hydroxylation is 1. The van der Waals surface area contributed by atoms with Crippen molar-refractivity contribution >= 4 is 27.5 Å². The van der Waals surface area contributed by atoms with Crippen LogP contribution in [0.25, 0.3) is 0 Å². The van der Waals surface area contributed by atoms with E-state index in [1.807, 2.05) is 86.6 Å². The van der Waals surface area contributed by atoms with Crippen LogP contribution in [0.5, 0.6) is 0 Å². The number of benzene rings is 4. The Bertz CT molecular complexity index is 1580. The van der Waals surface area contributed by atoms with Gasteiger partial charge in [0, 0.05) is 19.5 Å². The van der Waals surface area contributed by atoms with Gasteiger partial charge in [-0.05, 0) is 48.2 Å². The van der Waals surface area contributed by atoms with Gasteiger partial charge in [0.05, 0.1) is 10.6 Å². The van der Waals surface area contributed by atoms with Crippen molar-refractivity contribution in [3.05, 3.63) is 132 Å². The summed E-state index contributed by atoms with van der Waals surface area (Å²) in [6.45, 7) is 4.03. The molecule has 1 atom stereocenters. The van der Waals surface area contributed by atoms with Gasteiger partial charge in [-0.2, -0.15) is 0 Å². The minimum absolute atomic E-state index is 0.0822. The Morgan fingerprint density at radius 2 is 1.33 bits per heavy atom. The van der Waals surface area contributed by atoms with Gasteiger partial charge in [0.2, 0.25) is 11.8 Å². The molecule has 0 saturated heterocycles. The highest BCUT2D eigenvalue weighted by Crippen LogP contribution is 2.27. The maximum Gasteiger partial charge on any atom is 0.264 e. The average Bonchev–Trinajstić information content (AvgIpc) is 3.03. The Hall–Kier alpha value is -4.43. The molecule has 4 aromatic rings. The molecule has 0 saturated carbocycles. The number of nitrogens with zero attached hydrogens (tertiary/aromatic N) is 2. The van der Waals surface area contributed by atoms with Crippen molar-refractivity contribution in [2.75, 3.05) is 17.4 Å². The standard InChI is InChI=1S/C35H39N3O4S/c1-3-4-24-36-35(40)33(25-29-17-8-5-9-18-29)37(26-30-19-10-6-11-20-30)34(39)27-38(32-23-15-14-16-28(32)2)43(41,42)31-21-12-7-13-22-31/h5-23,33H,3-4,24-27H2,1-2H3,(H,36,40)/t33-/m0/s1. The van der Waals surface area contributed by atoms with Crippen molar-refractivity contribution < 1.29 is 18.0 Å². The minimum atomic E-state index is -4.12. The van der Waals surface area contributed by atoms with Crippen molar-refractivity contribution in [3.8, 4) is 0 Å². The molecular formula is C35H39N3O4S. The van der Waals surface area contributed by atoms with E-state index >= 15 is 0 Å². The summed E-state index contributed by atoms with van der Waals surface area (Å²) in [5.41, 5.74) is 2.86. The van der Waals surface area contributed by atoms with Crippen LogP contribution in [0.3, 0.4) is 0 Å². The van der Waals surface area contributed by atoms with E-state index in [0.29, 0.717) is 17.8 Å². The van der Waals surface area contributed by atoms with Crippen LogP contribution in [-0.2, 0) is 32.6 Å². The highest BCUT2D eigenvalue weighted by molar-refractivity contribution is 7.92. The predicted molar refractivity (Wildman–Crippen MR) is 171 cm³/mol. The molecule has 4 aromatic carbocycles. The molecule has 7 nitrogen and oxygen atoms in total. The number of anilines is 1. The highest BCUT2D eigenvalue weighted by atomic mass is 32.2. The largest absolute Gasteiger partial charge is 0.354 e. The van der Waals surface area contributed by atoms with Crippen LogP contribution < -0.4 is 9.62 Å². The predicted octanol–water partition coefficient (Wildman–Crippen LogP) is 5.75. The van der Waals surface area contributed by atoms with Crippen LogP contribution in [0, 0.1) is 6.92 Å². The van der Waals surface area contributed by atoms with E-state index in [-0.39, 0.29) is 23.8 Å². The number of unbranched alkanes of at least 4 members (excludes halogenated alkanes) is 1. The summed E-state index contributed by atoms with van der Waals surface area (Å²) in [7, 11) is -4.12. The summed E-state index contributed by atoms with van der Waals surface area (Å²) < 4.78 is 29.3. The summed E-state index contributed by atoms with van der Waals surface area (Å²) in [6.07, 6.45) is 2.01. The zero-order chi connectivity index (χ0) is 30.7. The number of carbonyl (C=O) groups excluding carboxylic acids is 2. The Morgan fingerprint density at radius 1 is 0.767 bits per heavy atom. The quantitative estimate of drug-likeness (QED) is 0.188. The lowest BCUT2D eigenvalue weighted by atomic mass is 10.0. The van der Waals surface area contributed by atoms with Crippen molar-refractivity contribution in [2.45, 2.75) is 50.6 Å². The fourth-order valence-corrected chi connectivity index (χ4v) is 6.42. The van der Waals surface area contributed by atoms with Gasteiger partial charge in [-0.3, -0.25) is 13.9 Å². The van der Waals surface area contributed by atoms with Crippen LogP contribution in [0.15, 0.2) is 120 Å². The molecule has 43 heavy (non-hydrogen) atoms. The number of hydrogen-bond acceptors (Lipinski definition) is 4. The Labute approximate surface area is 255 Å². The van der Waals surface area contributed by atoms with Gasteiger partial charge < -0.3 is 10.2 Å². The van der Waals surface area contributed by atoms with Gasteiger partial charge >= 0.3 is 0 Å². The summed E-state index contributed by atoms with van der Waals surface area (Å²) >= 11 is 0. The van der Waals surface area contributed by atoms with E-state index in [9.17, 15) is 18.0 Å². The van der Waals surface area contributed by atoms with Gasteiger partial charge in [-0.15, -0.1) is 0 Å². The maximum absolute atomic E-state index is 14.4. The third kappa shape index (κ3) is 8.32. The van der Waals surface area contributed by atoms with Crippen molar-refractivity contribution in [1.29, 1.82) is 0 Å². The molecule has 0 aliphatic rings. The van der Waals surface area contributed by atoms with Crippen LogP contribution >= 0.6 is 0 Å². The normalized spacial score (nSPS) is 11.9. The van der Waals surface area contributed by atoms with Crippen LogP contribution in [0.2, 0.25) is 0 Å². The highest BCUT2D eigenvalue weighted by Gasteiger charge is 2.34. The summed E-state index contributed by atoms with van der Waals surface area (Å²) in [4.78, 5) is 29.8. The Kier molecular flexibility index (Phi) is 11.1. The van der Waals surface area contributed by atoms with Crippen molar-refractivity contribution in [3.63, 3.8) is 0 Å². The van der Waals surface area contributed by atoms with E-state index in [0.717, 1.165) is 28.3 Å². The first kappa shape index (κ1) is 31.5. The van der Waals surface area contributed by atoms with E-state index in [1.165, 1.54) is 17.0 Å². The molecule has 0 aromatic heterocycles. The third-order valence-corrected chi connectivity index (χ3v) is 9.06. The molecule has 0 aliphatic carbocycles. The molecule has 0 fully saturated rings. The van der Waals surface area contributed by atoms with E-state index in [1.54, 1.807) is 30.3 Å². The number of sulfonamides is 1. The fourth-order valence-electron chi connectivity index (χ4n) is 4.92. The number of para-hydroxylation sites is 1. The van der Waals surface area contributed by atoms with Crippen molar-refractivity contribution in [2.24, 2.45) is 0 Å². The monoisotopic (exact) mass is 597 g/mol. The topological polar surface area (TPSA) is 86.8 Å². The van der Waals surface area contributed by atoms with Crippen molar-refractivity contribution in [1.82, 2.24) is 10.2 Å². The lowest BCUT2D eigenvalue weighted by Crippen LogP contribution is -2.53. The molecule has 8 heteroatoms. The molecule has 0 radical (unpaired) electrons. The minimum Gasteiger partial charge on any atom is -0.354 e. The van der Waals surface area contributed by atoms with Gasteiger partial charge in [0.1, 0.15) is 12.6 Å². The zero-order valence-corrected chi connectivity index (χ0v) is 25.5. The van der Waals surface area contributed by atoms with Gasteiger partial charge in [-0.25, -0.2) is 8.42 Å². The molecule has 2 amide bonds. The smallest absolute Gasteiger partial charge is 0.264 e. The second-order valence-corrected chi connectivity index (χ2v) is 12.3. The Balaban J connectivity index is 1.77. The molecule has 4 rings (SSSR count). The lowest BCUT2D eigenvalue weighted by Gasteiger charge is -2.34. The lowest BCUT2D eigenvalue weighted by molar-refractivity contribution is -0.140. The van der Waals surface area contributed by atoms with Crippen LogP contribution in [0.1, 0.15) is 36.5 Å². The first-order chi connectivity index (χ1) is 20.8. The number of amides is 2. The van der Waals surface area contributed by atoms with Crippen LogP contribution in [-0.4, -0.2) is 44.3 Å². The second-order valence-electron chi connectivity index (χ2n) is 10.5. The van der Waals surface area contributed by atoms with Gasteiger partial charge in [0.25, 0.3) is 10.0 Å². The molecule has 0 aliphatic heterocycles. The third-order valence-electron chi connectivity index (χ3n) is 7.29. The number of carbonyl (C=O) groups is 2.